The first-order chi connectivity index (χ1) is 15.7. The smallest absolute Gasteiger partial charge is 0.339 e. The number of phenolic OH excluding ortho intramolecular Hbond substituents is 1. The summed E-state index contributed by atoms with van der Waals surface area (Å²) in [5.41, 5.74) is 2.87. The number of phenols is 1. The Balaban J connectivity index is 1.62. The molecular weight excluding hydrogens is 440 g/mol. The van der Waals surface area contributed by atoms with Gasteiger partial charge < -0.3 is 19.1 Å². The number of ether oxygens (including phenoxy) is 1. The minimum absolute atomic E-state index is 0.00950. The highest BCUT2D eigenvalue weighted by atomic mass is 32.2. The number of aliphatic hydroxyl groups excluding tert-OH is 1. The number of benzene rings is 3. The van der Waals surface area contributed by atoms with Gasteiger partial charge in [0.15, 0.2) is 0 Å². The first-order valence-corrected chi connectivity index (χ1v) is 11.6. The van der Waals surface area contributed by atoms with Crippen molar-refractivity contribution in [1.29, 1.82) is 0 Å². The lowest BCUT2D eigenvalue weighted by Gasteiger charge is -2.14. The summed E-state index contributed by atoms with van der Waals surface area (Å²) in [7, 11) is -4.16. The fourth-order valence-corrected chi connectivity index (χ4v) is 4.53. The Morgan fingerprint density at radius 2 is 1.61 bits per heavy atom. The monoisotopic (exact) mass is 462 g/mol. The van der Waals surface area contributed by atoms with Crippen LogP contribution < -0.4 is 8.92 Å². The maximum atomic E-state index is 13.1. The van der Waals surface area contributed by atoms with E-state index in [0.29, 0.717) is 33.6 Å². The molecule has 0 atom stereocenters. The van der Waals surface area contributed by atoms with Crippen molar-refractivity contribution in [3.05, 3.63) is 108 Å². The summed E-state index contributed by atoms with van der Waals surface area (Å²) in [6, 6.07) is 16.0. The predicted molar refractivity (Wildman–Crippen MR) is 126 cm³/mol. The topological polar surface area (TPSA) is 93.1 Å². The molecular formula is C26H22O6S. The van der Waals surface area contributed by atoms with Gasteiger partial charge in [-0.1, -0.05) is 36.4 Å². The highest BCUT2D eigenvalue weighted by Crippen LogP contribution is 2.33. The van der Waals surface area contributed by atoms with E-state index >= 15 is 0 Å². The highest BCUT2D eigenvalue weighted by Gasteiger charge is 2.22. The second kappa shape index (κ2) is 8.88. The van der Waals surface area contributed by atoms with Crippen LogP contribution in [0.1, 0.15) is 11.1 Å². The number of aliphatic hydroxyl groups is 1. The molecule has 0 saturated heterocycles. The van der Waals surface area contributed by atoms with Gasteiger partial charge in [-0.25, -0.2) is 0 Å². The molecule has 0 aliphatic heterocycles. The van der Waals surface area contributed by atoms with E-state index < -0.39 is 10.1 Å². The second-order valence-electron chi connectivity index (χ2n) is 7.54. The van der Waals surface area contributed by atoms with E-state index in [0.717, 1.165) is 0 Å². The van der Waals surface area contributed by atoms with Crippen LogP contribution in [-0.4, -0.2) is 18.6 Å². The molecule has 0 fully saturated rings. The van der Waals surface area contributed by atoms with Crippen molar-refractivity contribution >= 4 is 10.1 Å². The van der Waals surface area contributed by atoms with Crippen molar-refractivity contribution in [3.63, 3.8) is 0 Å². The van der Waals surface area contributed by atoms with E-state index in [9.17, 15) is 18.6 Å². The van der Waals surface area contributed by atoms with Gasteiger partial charge in [0.05, 0.1) is 5.57 Å². The van der Waals surface area contributed by atoms with Crippen molar-refractivity contribution < 1.29 is 27.6 Å². The lowest BCUT2D eigenvalue weighted by molar-refractivity contribution is 0.205. The van der Waals surface area contributed by atoms with Gasteiger partial charge in [0, 0.05) is 5.56 Å². The fraction of sp³-hybridized carbons (Fsp3) is 0.0769. The van der Waals surface area contributed by atoms with E-state index in [1.54, 1.807) is 68.5 Å². The molecule has 0 aromatic heterocycles. The van der Waals surface area contributed by atoms with Crippen LogP contribution in [0.15, 0.2) is 101 Å². The van der Waals surface area contributed by atoms with E-state index in [2.05, 4.69) is 0 Å². The van der Waals surface area contributed by atoms with Crippen molar-refractivity contribution in [2.45, 2.75) is 18.7 Å². The Morgan fingerprint density at radius 3 is 2.30 bits per heavy atom. The number of aryl methyl sites for hydroxylation is 2. The number of rotatable bonds is 6. The Morgan fingerprint density at radius 1 is 0.879 bits per heavy atom. The molecule has 1 aliphatic rings. The van der Waals surface area contributed by atoms with Gasteiger partial charge in [-0.3, -0.25) is 0 Å². The molecule has 0 spiro atoms. The standard InChI is InChI=1S/C26H22O6S/c1-17-15-20(11-13-23(17)27)22-9-5-6-10-25(22)33(29,30)32-21-12-14-24(18(2)16-21)31-26(28)19-7-3-4-8-19/h3-16,27-28H,1-2H3. The predicted octanol–water partition coefficient (Wildman–Crippen LogP) is 5.72. The molecule has 7 heteroatoms. The van der Waals surface area contributed by atoms with E-state index in [-0.39, 0.29) is 22.3 Å². The van der Waals surface area contributed by atoms with Crippen LogP contribution in [0, 0.1) is 13.8 Å². The van der Waals surface area contributed by atoms with Crippen LogP contribution in [0.5, 0.6) is 17.2 Å². The Bertz CT molecular complexity index is 1400. The molecule has 1 aliphatic carbocycles. The molecule has 4 rings (SSSR count). The molecule has 3 aromatic carbocycles. The number of hydrogen-bond acceptors (Lipinski definition) is 6. The van der Waals surface area contributed by atoms with Gasteiger partial charge in [-0.05, 0) is 79.1 Å². The fourth-order valence-electron chi connectivity index (χ4n) is 3.39. The van der Waals surface area contributed by atoms with Crippen molar-refractivity contribution in [3.8, 4) is 28.4 Å². The molecule has 6 nitrogen and oxygen atoms in total. The molecule has 0 radical (unpaired) electrons. The van der Waals surface area contributed by atoms with Crippen molar-refractivity contribution in [2.75, 3.05) is 0 Å². The summed E-state index contributed by atoms with van der Waals surface area (Å²) in [5.74, 6) is 0.375. The second-order valence-corrected chi connectivity index (χ2v) is 9.06. The van der Waals surface area contributed by atoms with Gasteiger partial charge >= 0.3 is 10.1 Å². The van der Waals surface area contributed by atoms with Gasteiger partial charge in [0.1, 0.15) is 22.1 Å². The van der Waals surface area contributed by atoms with Crippen LogP contribution in [0.2, 0.25) is 0 Å². The van der Waals surface area contributed by atoms with Crippen molar-refractivity contribution in [1.82, 2.24) is 0 Å². The van der Waals surface area contributed by atoms with Gasteiger partial charge in [0.2, 0.25) is 0 Å². The van der Waals surface area contributed by atoms with Gasteiger partial charge in [0.25, 0.3) is 5.95 Å². The molecule has 33 heavy (non-hydrogen) atoms. The third kappa shape index (κ3) is 4.78. The molecule has 2 N–H and O–H groups in total. The van der Waals surface area contributed by atoms with Crippen molar-refractivity contribution in [2.24, 2.45) is 0 Å². The van der Waals surface area contributed by atoms with Crippen LogP contribution in [0.25, 0.3) is 11.1 Å². The van der Waals surface area contributed by atoms with E-state index in [1.807, 2.05) is 0 Å². The maximum Gasteiger partial charge on any atom is 0.339 e. The number of aromatic hydroxyl groups is 1. The molecule has 0 unspecified atom stereocenters. The normalized spacial score (nSPS) is 12.7. The molecule has 3 aromatic rings. The van der Waals surface area contributed by atoms with E-state index in [4.69, 9.17) is 8.92 Å². The summed E-state index contributed by atoms with van der Waals surface area (Å²) in [4.78, 5) is 0.00950. The zero-order valence-corrected chi connectivity index (χ0v) is 18.8. The molecule has 168 valence electrons. The van der Waals surface area contributed by atoms with Crippen LogP contribution >= 0.6 is 0 Å². The molecule has 0 bridgehead atoms. The third-order valence-electron chi connectivity index (χ3n) is 5.13. The quantitative estimate of drug-likeness (QED) is 0.360. The SMILES string of the molecule is Cc1cc(-c2ccccc2S(=O)(=O)Oc2ccc(OC(O)=C3C=CC=C3)c(C)c2)ccc1O. The minimum Gasteiger partial charge on any atom is -0.508 e. The molecule has 0 amide bonds. The summed E-state index contributed by atoms with van der Waals surface area (Å²) in [5, 5.41) is 19.9. The number of allylic oxidation sites excluding steroid dienone is 5. The first kappa shape index (κ1) is 22.2. The Labute approximate surface area is 192 Å². The maximum absolute atomic E-state index is 13.1. The average Bonchev–Trinajstić information content (AvgIpc) is 3.32. The third-order valence-corrected chi connectivity index (χ3v) is 6.44. The lowest BCUT2D eigenvalue weighted by atomic mass is 10.0. The van der Waals surface area contributed by atoms with Crippen LogP contribution in [0.4, 0.5) is 0 Å². The molecule has 0 heterocycles. The van der Waals surface area contributed by atoms with E-state index in [1.165, 1.54) is 30.3 Å². The summed E-state index contributed by atoms with van der Waals surface area (Å²) < 4.78 is 37.2. The lowest BCUT2D eigenvalue weighted by Crippen LogP contribution is -2.11. The number of hydrogen-bond donors (Lipinski definition) is 2. The molecule has 0 saturated carbocycles. The highest BCUT2D eigenvalue weighted by molar-refractivity contribution is 7.87. The average molecular weight is 463 g/mol. The van der Waals surface area contributed by atoms with Gasteiger partial charge in [-0.2, -0.15) is 8.42 Å². The van der Waals surface area contributed by atoms with Crippen LogP contribution in [0.3, 0.4) is 0 Å². The zero-order chi connectivity index (χ0) is 23.6. The van der Waals surface area contributed by atoms with Crippen LogP contribution in [-0.2, 0) is 10.1 Å². The largest absolute Gasteiger partial charge is 0.508 e. The van der Waals surface area contributed by atoms with Gasteiger partial charge in [-0.15, -0.1) is 0 Å². The first-order valence-electron chi connectivity index (χ1n) is 10.1. The summed E-state index contributed by atoms with van der Waals surface area (Å²) in [6.07, 6.45) is 6.98. The Kier molecular flexibility index (Phi) is 5.98. The zero-order valence-electron chi connectivity index (χ0n) is 18.0. The summed E-state index contributed by atoms with van der Waals surface area (Å²) in [6.45, 7) is 3.46. The minimum atomic E-state index is -4.16. The Hall–Kier alpha value is -3.97. The summed E-state index contributed by atoms with van der Waals surface area (Å²) >= 11 is 0.